The minimum Gasteiger partial charge on any atom is -0.473 e. The van der Waals surface area contributed by atoms with E-state index >= 15 is 0 Å². The molecule has 1 amide bonds. The van der Waals surface area contributed by atoms with E-state index in [1.54, 1.807) is 30.3 Å². The quantitative estimate of drug-likeness (QED) is 0.222. The lowest BCUT2D eigenvalue weighted by Crippen LogP contribution is -2.47. The van der Waals surface area contributed by atoms with Gasteiger partial charge in [0.1, 0.15) is 18.2 Å². The minimum atomic E-state index is -0.373. The first-order valence-corrected chi connectivity index (χ1v) is 15.3. The lowest BCUT2D eigenvalue weighted by Gasteiger charge is -2.35. The number of benzene rings is 2. The van der Waals surface area contributed by atoms with Crippen molar-refractivity contribution in [2.45, 2.75) is 40.7 Å². The molecule has 0 aliphatic carbocycles. The fourth-order valence-corrected chi connectivity index (χ4v) is 4.75. The van der Waals surface area contributed by atoms with Gasteiger partial charge in [0.25, 0.3) is 0 Å². The van der Waals surface area contributed by atoms with Crippen molar-refractivity contribution in [3.8, 4) is 5.88 Å². The summed E-state index contributed by atoms with van der Waals surface area (Å²) in [7, 11) is 2.01. The molecule has 240 valence electrons. The topological polar surface area (TPSA) is 89.5 Å². The maximum Gasteiger partial charge on any atom is 0.248 e. The second kappa shape index (κ2) is 17.3. The number of nitrogens with two attached hydrogens (primary N) is 1. The molecule has 45 heavy (non-hydrogen) atoms. The van der Waals surface area contributed by atoms with Crippen molar-refractivity contribution in [1.29, 1.82) is 0 Å². The highest BCUT2D eigenvalue weighted by Crippen LogP contribution is 2.20. The van der Waals surface area contributed by atoms with Crippen LogP contribution < -0.4 is 15.4 Å². The lowest BCUT2D eigenvalue weighted by atomic mass is 10.1. The zero-order chi connectivity index (χ0) is 32.9. The number of pyridine rings is 1. The van der Waals surface area contributed by atoms with Crippen molar-refractivity contribution in [2.24, 2.45) is 12.8 Å². The molecule has 0 radical (unpaired) electrons. The van der Waals surface area contributed by atoms with Crippen molar-refractivity contribution in [2.75, 3.05) is 37.6 Å². The standard InChI is InChI=1S/C20H23ClFN3O.C9H11NO.C6H10N2/c1-15(2)13-24-8-10-25(11-9-24)19-4-3-5-20(23-19)26-14-16-6-7-17(21)12-18(16)22;1-6-3-4-8(9(10)11)5-7(6)2;1-3-6-4-7-5-8(6)2/h3-7,12H,1,8-11,13-14H2,2H3;3-5H,1-2H3,(H2,10,11);4-5H,3H2,1-2H3. The summed E-state index contributed by atoms with van der Waals surface area (Å²) in [6.45, 7) is 17.0. The molecule has 2 aromatic carbocycles. The van der Waals surface area contributed by atoms with Crippen LogP contribution in [0, 0.1) is 19.7 Å². The highest BCUT2D eigenvalue weighted by Gasteiger charge is 2.18. The number of primary amides is 1. The highest BCUT2D eigenvalue weighted by atomic mass is 35.5. The Bertz CT molecular complexity index is 1570. The Balaban J connectivity index is 0.000000237. The summed E-state index contributed by atoms with van der Waals surface area (Å²) in [6.07, 6.45) is 4.77. The van der Waals surface area contributed by atoms with Crippen LogP contribution in [-0.2, 0) is 20.1 Å². The molecule has 0 saturated carbocycles. The van der Waals surface area contributed by atoms with E-state index in [-0.39, 0.29) is 18.3 Å². The zero-order valence-corrected chi connectivity index (χ0v) is 27.6. The van der Waals surface area contributed by atoms with Crippen LogP contribution in [0.1, 0.15) is 46.6 Å². The highest BCUT2D eigenvalue weighted by molar-refractivity contribution is 6.30. The first-order chi connectivity index (χ1) is 21.5. The number of hydrogen-bond acceptors (Lipinski definition) is 6. The normalized spacial score (nSPS) is 12.8. The first kappa shape index (κ1) is 35.3. The number of imidazole rings is 1. The second-order valence-electron chi connectivity index (χ2n) is 11.1. The lowest BCUT2D eigenvalue weighted by molar-refractivity contribution is 0.1000. The van der Waals surface area contributed by atoms with Crippen molar-refractivity contribution in [3.05, 3.63) is 118 Å². The molecule has 2 aromatic heterocycles. The number of piperazine rings is 1. The number of anilines is 1. The molecule has 0 spiro atoms. The third-order valence-electron chi connectivity index (χ3n) is 7.36. The van der Waals surface area contributed by atoms with E-state index in [0.717, 1.165) is 50.5 Å². The number of rotatable bonds is 8. The van der Waals surface area contributed by atoms with E-state index in [1.165, 1.54) is 22.9 Å². The average molecular weight is 635 g/mol. The third-order valence-corrected chi connectivity index (χ3v) is 7.59. The number of carbonyl (C=O) groups excluding carboxylic acids is 1. The maximum atomic E-state index is 13.8. The number of aromatic nitrogens is 3. The second-order valence-corrected chi connectivity index (χ2v) is 11.5. The van der Waals surface area contributed by atoms with Gasteiger partial charge in [0.15, 0.2) is 0 Å². The molecule has 10 heteroatoms. The molecular weight excluding hydrogens is 591 g/mol. The summed E-state index contributed by atoms with van der Waals surface area (Å²) in [5, 5.41) is 0.372. The number of ether oxygens (including phenoxy) is 1. The van der Waals surface area contributed by atoms with Crippen LogP contribution >= 0.6 is 11.6 Å². The number of halogens is 2. The summed E-state index contributed by atoms with van der Waals surface area (Å²) < 4.78 is 21.5. The number of amides is 1. The molecule has 2 N–H and O–H groups in total. The van der Waals surface area contributed by atoms with Crippen LogP contribution in [-0.4, -0.2) is 58.1 Å². The van der Waals surface area contributed by atoms with Gasteiger partial charge in [-0.1, -0.05) is 48.9 Å². The van der Waals surface area contributed by atoms with Crippen LogP contribution in [0.2, 0.25) is 5.02 Å². The van der Waals surface area contributed by atoms with E-state index in [9.17, 15) is 9.18 Å². The van der Waals surface area contributed by atoms with Gasteiger partial charge in [0.2, 0.25) is 11.8 Å². The smallest absolute Gasteiger partial charge is 0.248 e. The molecule has 1 fully saturated rings. The van der Waals surface area contributed by atoms with Crippen LogP contribution in [0.4, 0.5) is 10.2 Å². The molecule has 0 atom stereocenters. The van der Waals surface area contributed by atoms with Gasteiger partial charge in [-0.05, 0) is 68.7 Å². The van der Waals surface area contributed by atoms with E-state index in [1.807, 2.05) is 56.2 Å². The number of nitrogens with zero attached hydrogens (tertiary/aromatic N) is 5. The SMILES string of the molecule is C=C(C)CN1CCN(c2cccc(OCc3ccc(Cl)cc3F)n2)CC1.CCc1cncn1C.Cc1ccc(C(N)=O)cc1C. The fourth-order valence-electron chi connectivity index (χ4n) is 4.59. The van der Waals surface area contributed by atoms with Gasteiger partial charge in [0, 0.05) is 73.9 Å². The Kier molecular flexibility index (Phi) is 13.6. The molecule has 1 aliphatic rings. The van der Waals surface area contributed by atoms with Crippen LogP contribution in [0.5, 0.6) is 5.88 Å². The Morgan fingerprint density at radius 2 is 1.80 bits per heavy atom. The van der Waals surface area contributed by atoms with Crippen molar-refractivity contribution >= 4 is 23.3 Å². The summed E-state index contributed by atoms with van der Waals surface area (Å²) in [5.41, 5.74) is 10.9. The van der Waals surface area contributed by atoms with Gasteiger partial charge < -0.3 is 19.9 Å². The third kappa shape index (κ3) is 11.3. The predicted octanol–water partition coefficient (Wildman–Crippen LogP) is 6.54. The fraction of sp³-hybridized carbons (Fsp3) is 0.343. The molecule has 0 bridgehead atoms. The van der Waals surface area contributed by atoms with Crippen molar-refractivity contribution in [3.63, 3.8) is 0 Å². The monoisotopic (exact) mass is 634 g/mol. The van der Waals surface area contributed by atoms with Crippen LogP contribution in [0.25, 0.3) is 0 Å². The Labute approximate surface area is 271 Å². The number of carbonyl (C=O) groups is 1. The van der Waals surface area contributed by atoms with Gasteiger partial charge in [-0.2, -0.15) is 4.98 Å². The van der Waals surface area contributed by atoms with E-state index in [4.69, 9.17) is 22.1 Å². The largest absolute Gasteiger partial charge is 0.473 e. The van der Waals surface area contributed by atoms with Gasteiger partial charge in [-0.15, -0.1) is 0 Å². The first-order valence-electron chi connectivity index (χ1n) is 14.9. The summed E-state index contributed by atoms with van der Waals surface area (Å²) in [5.74, 6) is 0.630. The zero-order valence-electron chi connectivity index (χ0n) is 26.9. The molecular formula is C35H44ClFN6O2. The number of aryl methyl sites for hydroxylation is 4. The van der Waals surface area contributed by atoms with E-state index in [2.05, 4.69) is 40.2 Å². The molecule has 8 nitrogen and oxygen atoms in total. The van der Waals surface area contributed by atoms with E-state index < -0.39 is 0 Å². The van der Waals surface area contributed by atoms with Gasteiger partial charge in [-0.25, -0.2) is 9.37 Å². The molecule has 0 unspecified atom stereocenters. The summed E-state index contributed by atoms with van der Waals surface area (Å²) >= 11 is 5.77. The molecule has 1 saturated heterocycles. The summed E-state index contributed by atoms with van der Waals surface area (Å²) in [6, 6.07) is 15.7. The van der Waals surface area contributed by atoms with E-state index in [0.29, 0.717) is 22.0 Å². The number of hydrogen-bond donors (Lipinski definition) is 1. The van der Waals surface area contributed by atoms with Gasteiger partial charge in [0.05, 0.1) is 6.33 Å². The van der Waals surface area contributed by atoms with Crippen LogP contribution in [0.15, 0.2) is 79.3 Å². The van der Waals surface area contributed by atoms with Gasteiger partial charge in [-0.3, -0.25) is 9.69 Å². The average Bonchev–Trinajstić information content (AvgIpc) is 3.43. The minimum absolute atomic E-state index is 0.117. The van der Waals surface area contributed by atoms with Crippen molar-refractivity contribution in [1.82, 2.24) is 19.4 Å². The maximum absolute atomic E-state index is 13.8. The van der Waals surface area contributed by atoms with Gasteiger partial charge >= 0.3 is 0 Å². The molecule has 4 aromatic rings. The molecule has 5 rings (SSSR count). The Hall–Kier alpha value is -4.21. The Morgan fingerprint density at radius 1 is 1.07 bits per heavy atom. The molecule has 3 heterocycles. The molecule has 1 aliphatic heterocycles. The van der Waals surface area contributed by atoms with Crippen molar-refractivity contribution < 1.29 is 13.9 Å². The Morgan fingerprint density at radius 3 is 2.36 bits per heavy atom. The predicted molar refractivity (Wildman–Crippen MR) is 180 cm³/mol. The van der Waals surface area contributed by atoms with Crippen LogP contribution in [0.3, 0.4) is 0 Å². The summed E-state index contributed by atoms with van der Waals surface area (Å²) in [4.78, 5) is 23.8.